The number of carbonyl (C=O) groups excluding carboxylic acids is 1. The zero-order valence-electron chi connectivity index (χ0n) is 8.16. The Morgan fingerprint density at radius 3 is 3.40 bits per heavy atom. The maximum absolute atomic E-state index is 10.9. The Labute approximate surface area is 91.8 Å². The SMILES string of the molecule is O=CC1OCCC2=C1NCc1sccc12. The van der Waals surface area contributed by atoms with Crippen molar-refractivity contribution >= 4 is 23.2 Å². The van der Waals surface area contributed by atoms with Gasteiger partial charge in [0.05, 0.1) is 12.3 Å². The lowest BCUT2D eigenvalue weighted by molar-refractivity contribution is -0.116. The normalized spacial score (nSPS) is 24.1. The van der Waals surface area contributed by atoms with E-state index in [1.165, 1.54) is 16.0 Å². The summed E-state index contributed by atoms with van der Waals surface area (Å²) in [6.45, 7) is 1.46. The zero-order chi connectivity index (χ0) is 10.3. The van der Waals surface area contributed by atoms with Gasteiger partial charge in [-0.25, -0.2) is 0 Å². The Morgan fingerprint density at radius 2 is 2.53 bits per heavy atom. The number of rotatable bonds is 1. The van der Waals surface area contributed by atoms with E-state index in [4.69, 9.17) is 4.74 Å². The third-order valence-electron chi connectivity index (χ3n) is 2.89. The molecule has 3 nitrogen and oxygen atoms in total. The van der Waals surface area contributed by atoms with Crippen LogP contribution in [0.4, 0.5) is 0 Å². The van der Waals surface area contributed by atoms with Gasteiger partial charge in [0.15, 0.2) is 12.4 Å². The molecule has 0 amide bonds. The highest BCUT2D eigenvalue weighted by Crippen LogP contribution is 2.35. The molecule has 1 N–H and O–H groups in total. The molecule has 4 heteroatoms. The minimum Gasteiger partial charge on any atom is -0.381 e. The molecule has 1 aromatic heterocycles. The molecular formula is C11H11NO2S. The Balaban J connectivity index is 2.11. The van der Waals surface area contributed by atoms with Crippen LogP contribution in [0, 0.1) is 0 Å². The fourth-order valence-electron chi connectivity index (χ4n) is 2.19. The molecule has 15 heavy (non-hydrogen) atoms. The number of hydrogen-bond donors (Lipinski definition) is 1. The summed E-state index contributed by atoms with van der Waals surface area (Å²) in [7, 11) is 0. The van der Waals surface area contributed by atoms with Crippen molar-refractivity contribution in [3.05, 3.63) is 27.6 Å². The zero-order valence-corrected chi connectivity index (χ0v) is 8.97. The smallest absolute Gasteiger partial charge is 0.154 e. The van der Waals surface area contributed by atoms with E-state index in [0.717, 1.165) is 24.9 Å². The second-order valence-corrected chi connectivity index (χ2v) is 4.68. The van der Waals surface area contributed by atoms with Crippen molar-refractivity contribution in [1.29, 1.82) is 0 Å². The van der Waals surface area contributed by atoms with Gasteiger partial charge in [0.1, 0.15) is 0 Å². The number of carbonyl (C=O) groups is 1. The summed E-state index contributed by atoms with van der Waals surface area (Å²) in [6, 6.07) is 2.14. The highest BCUT2D eigenvalue weighted by molar-refractivity contribution is 7.10. The lowest BCUT2D eigenvalue weighted by atomic mass is 9.94. The lowest BCUT2D eigenvalue weighted by Gasteiger charge is -2.30. The first kappa shape index (κ1) is 9.12. The number of ether oxygens (including phenoxy) is 1. The van der Waals surface area contributed by atoms with Gasteiger partial charge in [0, 0.05) is 11.4 Å². The first-order chi connectivity index (χ1) is 7.40. The average molecular weight is 221 g/mol. The van der Waals surface area contributed by atoms with Crippen LogP contribution in [0.5, 0.6) is 0 Å². The molecule has 2 aliphatic heterocycles. The van der Waals surface area contributed by atoms with E-state index in [1.54, 1.807) is 11.3 Å². The first-order valence-corrected chi connectivity index (χ1v) is 5.88. The largest absolute Gasteiger partial charge is 0.381 e. The van der Waals surface area contributed by atoms with Gasteiger partial charge < -0.3 is 14.8 Å². The van der Waals surface area contributed by atoms with Gasteiger partial charge in [0.25, 0.3) is 0 Å². The lowest BCUT2D eigenvalue weighted by Crippen LogP contribution is -2.34. The van der Waals surface area contributed by atoms with Crippen LogP contribution >= 0.6 is 11.3 Å². The Hall–Kier alpha value is -1.13. The maximum atomic E-state index is 10.9. The summed E-state index contributed by atoms with van der Waals surface area (Å²) in [6.07, 6.45) is 1.39. The van der Waals surface area contributed by atoms with Crippen molar-refractivity contribution in [1.82, 2.24) is 5.32 Å². The number of aldehydes is 1. The van der Waals surface area contributed by atoms with Crippen molar-refractivity contribution in [2.45, 2.75) is 19.1 Å². The van der Waals surface area contributed by atoms with Crippen molar-refractivity contribution in [3.8, 4) is 0 Å². The molecule has 0 bridgehead atoms. The molecule has 1 aromatic rings. The van der Waals surface area contributed by atoms with Crippen molar-refractivity contribution in [3.63, 3.8) is 0 Å². The molecule has 0 spiro atoms. The Bertz CT molecular complexity index is 436. The summed E-state index contributed by atoms with van der Waals surface area (Å²) in [5, 5.41) is 5.40. The molecule has 0 saturated heterocycles. The second-order valence-electron chi connectivity index (χ2n) is 3.68. The van der Waals surface area contributed by atoms with E-state index in [2.05, 4.69) is 16.8 Å². The minimum absolute atomic E-state index is 0.387. The van der Waals surface area contributed by atoms with E-state index in [0.29, 0.717) is 6.61 Å². The third-order valence-corrected chi connectivity index (χ3v) is 3.81. The van der Waals surface area contributed by atoms with E-state index in [9.17, 15) is 4.79 Å². The van der Waals surface area contributed by atoms with Crippen LogP contribution in [0.1, 0.15) is 16.9 Å². The maximum Gasteiger partial charge on any atom is 0.154 e. The van der Waals surface area contributed by atoms with Crippen LogP contribution in [0.2, 0.25) is 0 Å². The second kappa shape index (κ2) is 3.47. The molecule has 1 unspecified atom stereocenters. The molecule has 0 aromatic carbocycles. The van der Waals surface area contributed by atoms with Gasteiger partial charge >= 0.3 is 0 Å². The predicted molar refractivity (Wildman–Crippen MR) is 58.5 cm³/mol. The highest BCUT2D eigenvalue weighted by Gasteiger charge is 2.28. The summed E-state index contributed by atoms with van der Waals surface area (Å²) >= 11 is 1.76. The summed E-state index contributed by atoms with van der Waals surface area (Å²) < 4.78 is 5.40. The van der Waals surface area contributed by atoms with E-state index in [-0.39, 0.29) is 6.10 Å². The van der Waals surface area contributed by atoms with Crippen molar-refractivity contribution in [2.24, 2.45) is 0 Å². The molecule has 0 fully saturated rings. The topological polar surface area (TPSA) is 38.3 Å². The molecule has 3 heterocycles. The van der Waals surface area contributed by atoms with Crippen LogP contribution in [0.3, 0.4) is 0 Å². The molecule has 0 saturated carbocycles. The number of nitrogens with one attached hydrogen (secondary N) is 1. The predicted octanol–water partition coefficient (Wildman–Crippen LogP) is 1.55. The van der Waals surface area contributed by atoms with E-state index >= 15 is 0 Å². The van der Waals surface area contributed by atoms with Gasteiger partial charge in [-0.05, 0) is 29.0 Å². The standard InChI is InChI=1S/C11H11NO2S/c13-6-9-11-8(1-3-14-9)7-2-4-15-10(7)5-12-11/h2,4,6,9,12H,1,3,5H2. The fourth-order valence-corrected chi connectivity index (χ4v) is 3.04. The Morgan fingerprint density at radius 1 is 1.60 bits per heavy atom. The van der Waals surface area contributed by atoms with Gasteiger partial charge in [-0.3, -0.25) is 0 Å². The third kappa shape index (κ3) is 1.33. The number of thiophene rings is 1. The van der Waals surface area contributed by atoms with E-state index < -0.39 is 0 Å². The minimum atomic E-state index is -0.387. The summed E-state index contributed by atoms with van der Waals surface area (Å²) in [4.78, 5) is 12.2. The van der Waals surface area contributed by atoms with Gasteiger partial charge in [0.2, 0.25) is 0 Å². The molecule has 1 atom stereocenters. The fraction of sp³-hybridized carbons (Fsp3) is 0.364. The van der Waals surface area contributed by atoms with Crippen LogP contribution in [0.15, 0.2) is 17.1 Å². The van der Waals surface area contributed by atoms with Crippen molar-refractivity contribution < 1.29 is 9.53 Å². The van der Waals surface area contributed by atoms with Crippen molar-refractivity contribution in [2.75, 3.05) is 6.61 Å². The monoisotopic (exact) mass is 221 g/mol. The number of fused-ring (bicyclic) bond motifs is 2. The highest BCUT2D eigenvalue weighted by atomic mass is 32.1. The van der Waals surface area contributed by atoms with Gasteiger partial charge in [-0.2, -0.15) is 0 Å². The summed E-state index contributed by atoms with van der Waals surface area (Å²) in [5.74, 6) is 0. The van der Waals surface area contributed by atoms with Gasteiger partial charge in [-0.15, -0.1) is 11.3 Å². The molecule has 0 aliphatic carbocycles. The van der Waals surface area contributed by atoms with Crippen LogP contribution < -0.4 is 5.32 Å². The molecule has 0 radical (unpaired) electrons. The molecule has 3 rings (SSSR count). The quantitative estimate of drug-likeness (QED) is 0.731. The Kier molecular flexibility index (Phi) is 2.11. The molecule has 2 aliphatic rings. The first-order valence-electron chi connectivity index (χ1n) is 5.00. The van der Waals surface area contributed by atoms with Crippen LogP contribution in [-0.4, -0.2) is 19.0 Å². The van der Waals surface area contributed by atoms with Gasteiger partial charge in [-0.1, -0.05) is 0 Å². The van der Waals surface area contributed by atoms with Crippen LogP contribution in [0.25, 0.3) is 5.57 Å². The summed E-state index contributed by atoms with van der Waals surface area (Å²) in [5.41, 5.74) is 3.55. The number of hydrogen-bond acceptors (Lipinski definition) is 4. The van der Waals surface area contributed by atoms with Crippen LogP contribution in [-0.2, 0) is 16.1 Å². The molecule has 78 valence electrons. The average Bonchev–Trinajstić information content (AvgIpc) is 2.76. The molecular weight excluding hydrogens is 210 g/mol. The van der Waals surface area contributed by atoms with E-state index in [1.807, 2.05) is 0 Å².